The first-order valence-corrected chi connectivity index (χ1v) is 4.33. The summed E-state index contributed by atoms with van der Waals surface area (Å²) >= 11 is 0. The van der Waals surface area contributed by atoms with Crippen LogP contribution in [-0.4, -0.2) is 10.7 Å². The summed E-state index contributed by atoms with van der Waals surface area (Å²) in [5.74, 6) is 0. The van der Waals surface area contributed by atoms with Crippen LogP contribution in [-0.2, 0) is 5.41 Å². The van der Waals surface area contributed by atoms with Gasteiger partial charge in [-0.2, -0.15) is 0 Å². The average molecular weight is 163 g/mol. The van der Waals surface area contributed by atoms with Crippen LogP contribution in [0.5, 0.6) is 0 Å². The molecule has 3 aliphatic rings. The number of hydrogen-bond donors (Lipinski definition) is 0. The van der Waals surface area contributed by atoms with Crippen molar-refractivity contribution in [2.75, 3.05) is 0 Å². The molecule has 1 aromatic heterocycles. The Morgan fingerprint density at radius 3 is 2.50 bits per heavy atom. The molecule has 0 aliphatic heterocycles. The molecule has 0 radical (unpaired) electrons. The van der Waals surface area contributed by atoms with Gasteiger partial charge in [0, 0.05) is 17.3 Å². The summed E-state index contributed by atoms with van der Waals surface area (Å²) in [5.41, 5.74) is 0.414. The molecule has 0 amide bonds. The zero-order chi connectivity index (χ0) is 8.23. The molecular formula is C10H10FN. The summed E-state index contributed by atoms with van der Waals surface area (Å²) in [5, 5.41) is 0. The third-order valence-electron chi connectivity index (χ3n) is 3.17. The van der Waals surface area contributed by atoms with Crippen LogP contribution < -0.4 is 0 Å². The van der Waals surface area contributed by atoms with E-state index in [1.54, 1.807) is 6.20 Å². The van der Waals surface area contributed by atoms with E-state index in [0.717, 1.165) is 5.69 Å². The third kappa shape index (κ3) is 0.614. The summed E-state index contributed by atoms with van der Waals surface area (Å²) in [7, 11) is 0. The van der Waals surface area contributed by atoms with E-state index in [1.807, 2.05) is 18.2 Å². The zero-order valence-electron chi connectivity index (χ0n) is 6.76. The maximum absolute atomic E-state index is 13.2. The zero-order valence-corrected chi connectivity index (χ0v) is 6.76. The van der Waals surface area contributed by atoms with Gasteiger partial charge in [0.1, 0.15) is 5.67 Å². The van der Waals surface area contributed by atoms with E-state index < -0.39 is 5.67 Å². The molecule has 3 aliphatic carbocycles. The second kappa shape index (κ2) is 1.70. The highest BCUT2D eigenvalue weighted by molar-refractivity contribution is 5.35. The molecule has 0 aromatic carbocycles. The van der Waals surface area contributed by atoms with Crippen LogP contribution in [0.15, 0.2) is 24.4 Å². The SMILES string of the molecule is FC12CC(c3ccccn3)(C1)C2. The van der Waals surface area contributed by atoms with Crippen LogP contribution in [0.25, 0.3) is 0 Å². The van der Waals surface area contributed by atoms with Crippen molar-refractivity contribution < 1.29 is 4.39 Å². The molecule has 2 bridgehead atoms. The highest BCUT2D eigenvalue weighted by atomic mass is 19.1. The van der Waals surface area contributed by atoms with E-state index in [-0.39, 0.29) is 5.41 Å². The third-order valence-corrected chi connectivity index (χ3v) is 3.17. The predicted octanol–water partition coefficient (Wildman–Crippen LogP) is 2.23. The predicted molar refractivity (Wildman–Crippen MR) is 43.6 cm³/mol. The smallest absolute Gasteiger partial charge is 0.113 e. The van der Waals surface area contributed by atoms with E-state index in [4.69, 9.17) is 0 Å². The van der Waals surface area contributed by atoms with E-state index in [0.29, 0.717) is 19.3 Å². The number of hydrogen-bond acceptors (Lipinski definition) is 1. The molecule has 3 saturated carbocycles. The molecule has 1 aromatic rings. The van der Waals surface area contributed by atoms with Gasteiger partial charge < -0.3 is 0 Å². The maximum Gasteiger partial charge on any atom is 0.113 e. The Hall–Kier alpha value is -0.920. The molecular weight excluding hydrogens is 153 g/mol. The number of pyridine rings is 1. The summed E-state index contributed by atoms with van der Waals surface area (Å²) in [6.45, 7) is 0. The van der Waals surface area contributed by atoms with E-state index in [2.05, 4.69) is 4.98 Å². The Kier molecular flexibility index (Phi) is 0.935. The van der Waals surface area contributed by atoms with Gasteiger partial charge in [0.2, 0.25) is 0 Å². The molecule has 1 nitrogen and oxygen atoms in total. The molecule has 12 heavy (non-hydrogen) atoms. The molecule has 0 saturated heterocycles. The lowest BCUT2D eigenvalue weighted by molar-refractivity contribution is -0.160. The van der Waals surface area contributed by atoms with E-state index >= 15 is 0 Å². The van der Waals surface area contributed by atoms with E-state index in [9.17, 15) is 4.39 Å². The molecule has 3 fully saturated rings. The highest BCUT2D eigenvalue weighted by Crippen LogP contribution is 2.69. The maximum atomic E-state index is 13.2. The van der Waals surface area contributed by atoms with Crippen LogP contribution in [0, 0.1) is 0 Å². The van der Waals surface area contributed by atoms with Crippen molar-refractivity contribution in [2.45, 2.75) is 30.3 Å². The largest absolute Gasteiger partial charge is 0.261 e. The first kappa shape index (κ1) is 6.58. The first-order chi connectivity index (χ1) is 5.73. The van der Waals surface area contributed by atoms with Crippen LogP contribution in [0.4, 0.5) is 4.39 Å². The number of aromatic nitrogens is 1. The summed E-state index contributed by atoms with van der Waals surface area (Å²) in [6.07, 6.45) is 3.91. The average Bonchev–Trinajstić information content (AvgIpc) is 1.99. The molecule has 0 unspecified atom stereocenters. The Morgan fingerprint density at radius 2 is 2.00 bits per heavy atom. The fourth-order valence-electron chi connectivity index (χ4n) is 2.61. The van der Waals surface area contributed by atoms with Gasteiger partial charge in [0.25, 0.3) is 0 Å². The second-order valence-corrected chi connectivity index (χ2v) is 4.18. The lowest BCUT2D eigenvalue weighted by atomic mass is 9.41. The Bertz CT molecular complexity index is 300. The van der Waals surface area contributed by atoms with Crippen LogP contribution in [0.2, 0.25) is 0 Å². The van der Waals surface area contributed by atoms with Crippen molar-refractivity contribution in [2.24, 2.45) is 0 Å². The van der Waals surface area contributed by atoms with Gasteiger partial charge in [-0.25, -0.2) is 4.39 Å². The second-order valence-electron chi connectivity index (χ2n) is 4.18. The molecule has 2 heteroatoms. The molecule has 0 atom stereocenters. The monoisotopic (exact) mass is 163 g/mol. The minimum absolute atomic E-state index is 0.135. The molecule has 4 rings (SSSR count). The Labute approximate surface area is 70.6 Å². The molecule has 0 spiro atoms. The van der Waals surface area contributed by atoms with Crippen molar-refractivity contribution in [1.82, 2.24) is 4.98 Å². The normalized spacial score (nSPS) is 43.1. The van der Waals surface area contributed by atoms with Crippen LogP contribution >= 0.6 is 0 Å². The minimum Gasteiger partial charge on any atom is -0.261 e. The van der Waals surface area contributed by atoms with Crippen molar-refractivity contribution in [3.63, 3.8) is 0 Å². The van der Waals surface area contributed by atoms with Gasteiger partial charge in [0.05, 0.1) is 0 Å². The number of halogens is 1. The first-order valence-electron chi connectivity index (χ1n) is 4.33. The van der Waals surface area contributed by atoms with Crippen molar-refractivity contribution in [3.8, 4) is 0 Å². The summed E-state index contributed by atoms with van der Waals surface area (Å²) < 4.78 is 13.2. The summed E-state index contributed by atoms with van der Waals surface area (Å²) in [6, 6.07) is 5.90. The minimum atomic E-state index is -0.808. The lowest BCUT2D eigenvalue weighted by Crippen LogP contribution is -2.67. The van der Waals surface area contributed by atoms with Gasteiger partial charge in [0.15, 0.2) is 0 Å². The number of alkyl halides is 1. The van der Waals surface area contributed by atoms with E-state index in [1.165, 1.54) is 0 Å². The van der Waals surface area contributed by atoms with Gasteiger partial charge in [-0.3, -0.25) is 4.98 Å². The Balaban J connectivity index is 1.94. The highest BCUT2D eigenvalue weighted by Gasteiger charge is 2.70. The number of nitrogens with zero attached hydrogens (tertiary/aromatic N) is 1. The van der Waals surface area contributed by atoms with Crippen molar-refractivity contribution >= 4 is 0 Å². The van der Waals surface area contributed by atoms with Crippen molar-refractivity contribution in [3.05, 3.63) is 30.1 Å². The lowest BCUT2D eigenvalue weighted by Gasteiger charge is -2.65. The van der Waals surface area contributed by atoms with Gasteiger partial charge >= 0.3 is 0 Å². The van der Waals surface area contributed by atoms with Gasteiger partial charge in [-0.15, -0.1) is 0 Å². The number of rotatable bonds is 1. The van der Waals surface area contributed by atoms with Gasteiger partial charge in [-0.1, -0.05) is 6.07 Å². The van der Waals surface area contributed by atoms with Crippen LogP contribution in [0.3, 0.4) is 0 Å². The Morgan fingerprint density at radius 1 is 1.25 bits per heavy atom. The standard InChI is InChI=1S/C10H10FN/c11-10-5-9(6-10,7-10)8-3-1-2-4-12-8/h1-4H,5-7H2. The molecule has 1 heterocycles. The fourth-order valence-corrected chi connectivity index (χ4v) is 2.61. The van der Waals surface area contributed by atoms with Gasteiger partial charge in [-0.05, 0) is 31.4 Å². The molecule has 0 N–H and O–H groups in total. The fraction of sp³-hybridized carbons (Fsp3) is 0.500. The summed E-state index contributed by atoms with van der Waals surface area (Å²) in [4.78, 5) is 4.27. The molecule has 62 valence electrons. The van der Waals surface area contributed by atoms with Crippen LogP contribution in [0.1, 0.15) is 25.0 Å². The topological polar surface area (TPSA) is 12.9 Å². The quantitative estimate of drug-likeness (QED) is 0.618. The van der Waals surface area contributed by atoms with Crippen molar-refractivity contribution in [1.29, 1.82) is 0 Å².